The molecule has 0 saturated carbocycles. The third kappa shape index (κ3) is 3.06. The predicted molar refractivity (Wildman–Crippen MR) is 69.1 cm³/mol. The Bertz CT molecular complexity index is 351. The molecule has 1 unspecified atom stereocenters. The Hall–Kier alpha value is -0.390. The third-order valence-electron chi connectivity index (χ3n) is 2.28. The first-order valence-electron chi connectivity index (χ1n) is 5.03. The third-order valence-corrected chi connectivity index (χ3v) is 3.53. The molecule has 0 fully saturated rings. The zero-order chi connectivity index (χ0) is 12.1. The molecule has 0 saturated heterocycles. The van der Waals surface area contributed by atoms with E-state index in [4.69, 9.17) is 16.3 Å². The van der Waals surface area contributed by atoms with E-state index in [-0.39, 0.29) is 6.04 Å². The highest BCUT2D eigenvalue weighted by Gasteiger charge is 2.18. The summed E-state index contributed by atoms with van der Waals surface area (Å²) < 4.78 is 5.87. The lowest BCUT2D eigenvalue weighted by molar-refractivity contribution is 0.181. The monoisotopic (exact) mass is 307 g/mol. The molecule has 1 aromatic rings. The molecule has 0 aliphatic heterocycles. The van der Waals surface area contributed by atoms with Crippen LogP contribution in [0.25, 0.3) is 0 Å². The maximum atomic E-state index is 5.94. The van der Waals surface area contributed by atoms with E-state index in [1.54, 1.807) is 7.11 Å². The lowest BCUT2D eigenvalue weighted by atomic mass is 10.3. The highest BCUT2D eigenvalue weighted by atomic mass is 79.9. The Balaban J connectivity index is 2.99. The van der Waals surface area contributed by atoms with Gasteiger partial charge in [-0.1, -0.05) is 11.6 Å². The van der Waals surface area contributed by atoms with Crippen LogP contribution in [-0.2, 0) is 4.74 Å². The van der Waals surface area contributed by atoms with Gasteiger partial charge in [-0.2, -0.15) is 0 Å². The second-order valence-electron chi connectivity index (χ2n) is 3.39. The van der Waals surface area contributed by atoms with E-state index in [0.717, 1.165) is 16.8 Å². The molecular formula is C10H15BrClN3O. The van der Waals surface area contributed by atoms with Gasteiger partial charge in [-0.05, 0) is 29.8 Å². The average molecular weight is 309 g/mol. The number of nitrogens with zero attached hydrogens (tertiary/aromatic N) is 3. The smallest absolute Gasteiger partial charge is 0.148 e. The van der Waals surface area contributed by atoms with Crippen LogP contribution in [0.2, 0.25) is 5.15 Å². The maximum absolute atomic E-state index is 5.94. The minimum atomic E-state index is 0.234. The highest BCUT2D eigenvalue weighted by molar-refractivity contribution is 9.10. The van der Waals surface area contributed by atoms with Crippen LogP contribution in [-0.4, -0.2) is 36.3 Å². The fourth-order valence-electron chi connectivity index (χ4n) is 1.54. The molecule has 0 bridgehead atoms. The van der Waals surface area contributed by atoms with Crippen molar-refractivity contribution in [3.8, 4) is 0 Å². The van der Waals surface area contributed by atoms with Crippen LogP contribution < -0.4 is 4.90 Å². The summed E-state index contributed by atoms with van der Waals surface area (Å²) in [5.74, 6) is 0.798. The molecule has 0 spiro atoms. The summed E-state index contributed by atoms with van der Waals surface area (Å²) >= 11 is 9.34. The maximum Gasteiger partial charge on any atom is 0.148 e. The minimum Gasteiger partial charge on any atom is -0.383 e. The van der Waals surface area contributed by atoms with E-state index < -0.39 is 0 Å². The number of halogens is 2. The van der Waals surface area contributed by atoms with Gasteiger partial charge in [0.25, 0.3) is 0 Å². The van der Waals surface area contributed by atoms with Crippen LogP contribution in [0.1, 0.15) is 13.8 Å². The van der Waals surface area contributed by atoms with E-state index in [9.17, 15) is 0 Å². The van der Waals surface area contributed by atoms with Gasteiger partial charge in [-0.25, -0.2) is 9.97 Å². The Morgan fingerprint density at radius 2 is 2.25 bits per heavy atom. The molecule has 1 heterocycles. The van der Waals surface area contributed by atoms with E-state index in [1.807, 2.05) is 0 Å². The number of ether oxygens (including phenoxy) is 1. The molecule has 0 aromatic carbocycles. The van der Waals surface area contributed by atoms with Crippen LogP contribution in [0.15, 0.2) is 10.8 Å². The first-order chi connectivity index (χ1) is 7.61. The quantitative estimate of drug-likeness (QED) is 0.784. The standard InChI is InChI=1S/C10H15BrClN3O/c1-4-15(7(2)5-16-3)10-8(11)9(12)13-6-14-10/h6-7H,4-5H2,1-3H3. The molecule has 0 amide bonds. The first-order valence-corrected chi connectivity index (χ1v) is 6.20. The summed E-state index contributed by atoms with van der Waals surface area (Å²) in [5, 5.41) is 0.424. The van der Waals surface area contributed by atoms with Crippen molar-refractivity contribution in [1.82, 2.24) is 9.97 Å². The second kappa shape index (κ2) is 6.37. The second-order valence-corrected chi connectivity index (χ2v) is 4.54. The molecule has 6 heteroatoms. The normalized spacial score (nSPS) is 12.6. The molecule has 1 rings (SSSR count). The molecule has 4 nitrogen and oxygen atoms in total. The van der Waals surface area contributed by atoms with Crippen molar-refractivity contribution >= 4 is 33.3 Å². The van der Waals surface area contributed by atoms with Crippen molar-refractivity contribution in [2.75, 3.05) is 25.2 Å². The van der Waals surface area contributed by atoms with Gasteiger partial charge in [-0.3, -0.25) is 0 Å². The summed E-state index contributed by atoms with van der Waals surface area (Å²) in [6.07, 6.45) is 1.46. The predicted octanol–water partition coefficient (Wildman–Crippen LogP) is 2.75. The van der Waals surface area contributed by atoms with E-state index in [0.29, 0.717) is 11.8 Å². The Kier molecular flexibility index (Phi) is 5.44. The van der Waals surface area contributed by atoms with Gasteiger partial charge >= 0.3 is 0 Å². The Morgan fingerprint density at radius 3 is 2.81 bits per heavy atom. The minimum absolute atomic E-state index is 0.234. The number of methoxy groups -OCH3 is 1. The fourth-order valence-corrected chi connectivity index (χ4v) is 2.10. The van der Waals surface area contributed by atoms with Crippen molar-refractivity contribution < 1.29 is 4.74 Å². The molecule has 0 aliphatic rings. The van der Waals surface area contributed by atoms with Gasteiger partial charge in [0.15, 0.2) is 0 Å². The summed E-state index contributed by atoms with van der Waals surface area (Å²) in [6.45, 7) is 5.61. The zero-order valence-electron chi connectivity index (χ0n) is 9.57. The number of likely N-dealkylation sites (N-methyl/N-ethyl adjacent to an activating group) is 1. The molecule has 1 aromatic heterocycles. The van der Waals surface area contributed by atoms with Gasteiger partial charge in [0, 0.05) is 13.7 Å². The van der Waals surface area contributed by atoms with Crippen molar-refractivity contribution in [3.05, 3.63) is 16.0 Å². The lowest BCUT2D eigenvalue weighted by Gasteiger charge is -2.29. The Morgan fingerprint density at radius 1 is 1.56 bits per heavy atom. The molecular weight excluding hydrogens is 293 g/mol. The van der Waals surface area contributed by atoms with Crippen LogP contribution in [0.5, 0.6) is 0 Å². The SMILES string of the molecule is CCN(c1ncnc(Cl)c1Br)C(C)COC. The molecule has 0 N–H and O–H groups in total. The van der Waals surface area contributed by atoms with E-state index in [2.05, 4.69) is 44.6 Å². The van der Waals surface area contributed by atoms with Crippen molar-refractivity contribution in [2.45, 2.75) is 19.9 Å². The lowest BCUT2D eigenvalue weighted by Crippen LogP contribution is -2.37. The zero-order valence-corrected chi connectivity index (χ0v) is 11.9. The number of rotatable bonds is 5. The molecule has 0 radical (unpaired) electrons. The van der Waals surface area contributed by atoms with Crippen LogP contribution in [0, 0.1) is 0 Å². The fraction of sp³-hybridized carbons (Fsp3) is 0.600. The molecule has 0 aliphatic carbocycles. The summed E-state index contributed by atoms with van der Waals surface area (Å²) in [6, 6.07) is 0.234. The summed E-state index contributed by atoms with van der Waals surface area (Å²) in [4.78, 5) is 10.3. The van der Waals surface area contributed by atoms with Crippen molar-refractivity contribution in [2.24, 2.45) is 0 Å². The van der Waals surface area contributed by atoms with Gasteiger partial charge < -0.3 is 9.64 Å². The summed E-state index contributed by atoms with van der Waals surface area (Å²) in [7, 11) is 1.69. The average Bonchev–Trinajstić information content (AvgIpc) is 2.25. The number of hydrogen-bond acceptors (Lipinski definition) is 4. The number of aromatic nitrogens is 2. The van der Waals surface area contributed by atoms with Gasteiger partial charge in [0.2, 0.25) is 0 Å². The summed E-state index contributed by atoms with van der Waals surface area (Å²) in [5.41, 5.74) is 0. The molecule has 90 valence electrons. The van der Waals surface area contributed by atoms with Crippen LogP contribution in [0.4, 0.5) is 5.82 Å². The van der Waals surface area contributed by atoms with Crippen LogP contribution >= 0.6 is 27.5 Å². The van der Waals surface area contributed by atoms with Gasteiger partial charge in [0.1, 0.15) is 17.3 Å². The Labute approximate surface area is 109 Å². The van der Waals surface area contributed by atoms with E-state index >= 15 is 0 Å². The van der Waals surface area contributed by atoms with Crippen LogP contribution in [0.3, 0.4) is 0 Å². The van der Waals surface area contributed by atoms with Crippen molar-refractivity contribution in [3.63, 3.8) is 0 Å². The molecule has 16 heavy (non-hydrogen) atoms. The number of anilines is 1. The van der Waals surface area contributed by atoms with Crippen molar-refractivity contribution in [1.29, 1.82) is 0 Å². The number of hydrogen-bond donors (Lipinski definition) is 0. The van der Waals surface area contributed by atoms with E-state index in [1.165, 1.54) is 6.33 Å². The van der Waals surface area contributed by atoms with Gasteiger partial charge in [-0.15, -0.1) is 0 Å². The highest BCUT2D eigenvalue weighted by Crippen LogP contribution is 2.29. The van der Waals surface area contributed by atoms with Gasteiger partial charge in [0.05, 0.1) is 17.1 Å². The topological polar surface area (TPSA) is 38.2 Å². The first kappa shape index (κ1) is 13.7. The largest absolute Gasteiger partial charge is 0.383 e. The molecule has 1 atom stereocenters.